The fourth-order valence-corrected chi connectivity index (χ4v) is 2.90. The molecular formula is C13H15IN4. The predicted molar refractivity (Wildman–Crippen MR) is 80.1 cm³/mol. The lowest BCUT2D eigenvalue weighted by Gasteiger charge is -2.09. The molecule has 0 spiro atoms. The first-order valence-corrected chi connectivity index (χ1v) is 7.31. The van der Waals surface area contributed by atoms with Crippen LogP contribution in [0, 0.1) is 3.57 Å². The van der Waals surface area contributed by atoms with E-state index < -0.39 is 0 Å². The van der Waals surface area contributed by atoms with Gasteiger partial charge in [0.1, 0.15) is 5.82 Å². The molecule has 18 heavy (non-hydrogen) atoms. The van der Waals surface area contributed by atoms with Gasteiger partial charge in [0.25, 0.3) is 0 Å². The third-order valence-electron chi connectivity index (χ3n) is 3.37. The summed E-state index contributed by atoms with van der Waals surface area (Å²) in [5.41, 5.74) is 7.84. The molecule has 0 saturated heterocycles. The van der Waals surface area contributed by atoms with E-state index in [9.17, 15) is 0 Å². The van der Waals surface area contributed by atoms with Gasteiger partial charge in [-0.3, -0.25) is 0 Å². The van der Waals surface area contributed by atoms with E-state index in [0.717, 1.165) is 35.9 Å². The van der Waals surface area contributed by atoms with E-state index in [4.69, 9.17) is 5.73 Å². The molecule has 3 rings (SSSR count). The minimum absolute atomic E-state index is 0.773. The highest BCUT2D eigenvalue weighted by Crippen LogP contribution is 2.28. The Morgan fingerprint density at radius 2 is 2.06 bits per heavy atom. The second-order valence-corrected chi connectivity index (χ2v) is 5.88. The number of nitrogen functional groups attached to an aromatic ring is 1. The van der Waals surface area contributed by atoms with Gasteiger partial charge >= 0.3 is 0 Å². The molecule has 2 heterocycles. The molecule has 0 atom stereocenters. The molecule has 1 aromatic heterocycles. The standard InChI is InChI=1S/C13H15IN4/c14-9-5-6-11(15)10(8-9)13-17-16-12-4-2-1-3-7-18(12)13/h5-6,8H,1-4,7,15H2. The van der Waals surface area contributed by atoms with Crippen LogP contribution in [0.1, 0.15) is 25.1 Å². The van der Waals surface area contributed by atoms with Gasteiger partial charge in [-0.15, -0.1) is 10.2 Å². The van der Waals surface area contributed by atoms with Gasteiger partial charge < -0.3 is 10.3 Å². The van der Waals surface area contributed by atoms with Crippen molar-refractivity contribution in [3.8, 4) is 11.4 Å². The van der Waals surface area contributed by atoms with Gasteiger partial charge in [0.05, 0.1) is 0 Å². The van der Waals surface area contributed by atoms with Gasteiger partial charge in [0.2, 0.25) is 0 Å². The molecular weight excluding hydrogens is 339 g/mol. The van der Waals surface area contributed by atoms with E-state index in [1.807, 2.05) is 12.1 Å². The smallest absolute Gasteiger partial charge is 0.166 e. The molecule has 0 amide bonds. The SMILES string of the molecule is Nc1ccc(I)cc1-c1nnc2n1CCCCC2. The molecule has 0 radical (unpaired) electrons. The first-order valence-electron chi connectivity index (χ1n) is 6.23. The first kappa shape index (κ1) is 12.0. The van der Waals surface area contributed by atoms with Crippen molar-refractivity contribution in [2.24, 2.45) is 0 Å². The Bertz CT molecular complexity index is 576. The van der Waals surface area contributed by atoms with Gasteiger partial charge in [-0.25, -0.2) is 0 Å². The number of halogens is 1. The van der Waals surface area contributed by atoms with Gasteiger partial charge in [-0.05, 0) is 53.6 Å². The van der Waals surface area contributed by atoms with Crippen molar-refractivity contribution in [1.29, 1.82) is 0 Å². The highest BCUT2D eigenvalue weighted by molar-refractivity contribution is 14.1. The molecule has 0 aliphatic carbocycles. The maximum Gasteiger partial charge on any atom is 0.166 e. The van der Waals surface area contributed by atoms with Gasteiger partial charge in [-0.1, -0.05) is 6.42 Å². The van der Waals surface area contributed by atoms with E-state index in [-0.39, 0.29) is 0 Å². The van der Waals surface area contributed by atoms with Crippen LogP contribution < -0.4 is 5.73 Å². The molecule has 2 N–H and O–H groups in total. The van der Waals surface area contributed by atoms with Crippen LogP contribution in [0.3, 0.4) is 0 Å². The van der Waals surface area contributed by atoms with Crippen LogP contribution in [-0.4, -0.2) is 14.8 Å². The van der Waals surface area contributed by atoms with Crippen LogP contribution in [0.4, 0.5) is 5.69 Å². The van der Waals surface area contributed by atoms with E-state index in [1.54, 1.807) is 0 Å². The van der Waals surface area contributed by atoms with Crippen molar-refractivity contribution in [3.63, 3.8) is 0 Å². The molecule has 1 aliphatic rings. The Morgan fingerprint density at radius 3 is 2.94 bits per heavy atom. The van der Waals surface area contributed by atoms with Gasteiger partial charge in [0.15, 0.2) is 5.82 Å². The summed E-state index contributed by atoms with van der Waals surface area (Å²) >= 11 is 2.30. The zero-order valence-corrected chi connectivity index (χ0v) is 12.2. The number of nitrogens with zero attached hydrogens (tertiary/aromatic N) is 3. The normalized spacial score (nSPS) is 15.2. The lowest BCUT2D eigenvalue weighted by atomic mass is 10.1. The van der Waals surface area contributed by atoms with E-state index in [2.05, 4.69) is 43.4 Å². The van der Waals surface area contributed by atoms with Crippen molar-refractivity contribution in [1.82, 2.24) is 14.8 Å². The monoisotopic (exact) mass is 354 g/mol. The number of rotatable bonds is 1. The van der Waals surface area contributed by atoms with E-state index in [0.29, 0.717) is 0 Å². The summed E-state index contributed by atoms with van der Waals surface area (Å²) in [7, 11) is 0. The zero-order valence-electron chi connectivity index (χ0n) is 10.1. The predicted octanol–water partition coefficient (Wildman–Crippen LogP) is 2.86. The van der Waals surface area contributed by atoms with Crippen molar-refractivity contribution in [2.45, 2.75) is 32.2 Å². The summed E-state index contributed by atoms with van der Waals surface area (Å²) in [4.78, 5) is 0. The maximum atomic E-state index is 6.07. The number of aryl methyl sites for hydroxylation is 1. The summed E-state index contributed by atoms with van der Waals surface area (Å²) in [6.07, 6.45) is 4.70. The minimum atomic E-state index is 0.773. The topological polar surface area (TPSA) is 56.7 Å². The molecule has 5 heteroatoms. The molecule has 2 aromatic rings. The van der Waals surface area contributed by atoms with Gasteiger partial charge in [0, 0.05) is 27.8 Å². The summed E-state index contributed by atoms with van der Waals surface area (Å²) in [6.45, 7) is 1.00. The fraction of sp³-hybridized carbons (Fsp3) is 0.385. The number of anilines is 1. The van der Waals surface area contributed by atoms with Crippen molar-refractivity contribution < 1.29 is 0 Å². The molecule has 4 nitrogen and oxygen atoms in total. The Balaban J connectivity index is 2.12. The molecule has 0 unspecified atom stereocenters. The van der Waals surface area contributed by atoms with Crippen LogP contribution in [0.15, 0.2) is 18.2 Å². The first-order chi connectivity index (χ1) is 8.75. The number of hydrogen-bond acceptors (Lipinski definition) is 3. The molecule has 94 valence electrons. The lowest BCUT2D eigenvalue weighted by Crippen LogP contribution is -2.04. The molecule has 1 aromatic carbocycles. The largest absolute Gasteiger partial charge is 0.398 e. The van der Waals surface area contributed by atoms with Crippen LogP contribution >= 0.6 is 22.6 Å². The second kappa shape index (κ2) is 4.87. The van der Waals surface area contributed by atoms with Crippen LogP contribution in [0.2, 0.25) is 0 Å². The Labute approximate surface area is 120 Å². The fourth-order valence-electron chi connectivity index (χ4n) is 2.41. The number of benzene rings is 1. The summed E-state index contributed by atoms with van der Waals surface area (Å²) in [6, 6.07) is 6.03. The summed E-state index contributed by atoms with van der Waals surface area (Å²) < 4.78 is 3.40. The third-order valence-corrected chi connectivity index (χ3v) is 4.04. The van der Waals surface area contributed by atoms with Gasteiger partial charge in [-0.2, -0.15) is 0 Å². The zero-order chi connectivity index (χ0) is 12.5. The highest BCUT2D eigenvalue weighted by atomic mass is 127. The molecule has 0 saturated carbocycles. The second-order valence-electron chi connectivity index (χ2n) is 4.63. The molecule has 0 bridgehead atoms. The summed E-state index contributed by atoms with van der Waals surface area (Å²) in [5, 5.41) is 8.66. The van der Waals surface area contributed by atoms with Crippen LogP contribution in [0.25, 0.3) is 11.4 Å². The summed E-state index contributed by atoms with van der Waals surface area (Å²) in [5.74, 6) is 2.02. The quantitative estimate of drug-likeness (QED) is 0.633. The molecule has 1 aliphatic heterocycles. The average molecular weight is 354 g/mol. The maximum absolute atomic E-state index is 6.07. The van der Waals surface area contributed by atoms with Crippen molar-refractivity contribution in [2.75, 3.05) is 5.73 Å². The number of hydrogen-bond donors (Lipinski definition) is 1. The average Bonchev–Trinajstić information content (AvgIpc) is 2.61. The highest BCUT2D eigenvalue weighted by Gasteiger charge is 2.17. The Morgan fingerprint density at radius 1 is 1.17 bits per heavy atom. The van der Waals surface area contributed by atoms with Crippen LogP contribution in [0.5, 0.6) is 0 Å². The number of fused-ring (bicyclic) bond motifs is 1. The third kappa shape index (κ3) is 2.11. The minimum Gasteiger partial charge on any atom is -0.398 e. The van der Waals surface area contributed by atoms with Crippen LogP contribution in [-0.2, 0) is 13.0 Å². The van der Waals surface area contributed by atoms with Crippen molar-refractivity contribution >= 4 is 28.3 Å². The van der Waals surface area contributed by atoms with E-state index >= 15 is 0 Å². The number of nitrogens with two attached hydrogens (primary N) is 1. The van der Waals surface area contributed by atoms with E-state index in [1.165, 1.54) is 22.8 Å². The lowest BCUT2D eigenvalue weighted by molar-refractivity contribution is 0.637. The Hall–Kier alpha value is -1.11. The number of aromatic nitrogens is 3. The molecule has 0 fully saturated rings. The van der Waals surface area contributed by atoms with Crippen molar-refractivity contribution in [3.05, 3.63) is 27.6 Å². The Kier molecular flexibility index (Phi) is 3.23.